The number of aromatic hydroxyl groups is 1. The van der Waals surface area contributed by atoms with Crippen LogP contribution in [-0.2, 0) is 6.42 Å². The number of anilines is 1. The first kappa shape index (κ1) is 16.1. The number of nitrogens with zero attached hydrogens (tertiary/aromatic N) is 1. The lowest BCUT2D eigenvalue weighted by Gasteiger charge is -2.11. The topological polar surface area (TPSA) is 35.5 Å². The molecular weight excluding hydrogens is 272 g/mol. The number of benzene rings is 2. The van der Waals surface area contributed by atoms with Gasteiger partial charge in [-0.15, -0.1) is 0 Å². The summed E-state index contributed by atoms with van der Waals surface area (Å²) < 4.78 is 0. The van der Waals surface area contributed by atoms with Gasteiger partial charge in [-0.1, -0.05) is 36.4 Å². The summed E-state index contributed by atoms with van der Waals surface area (Å²) in [7, 11) is 4.09. The summed E-state index contributed by atoms with van der Waals surface area (Å²) in [5.74, 6) is 0.319. The van der Waals surface area contributed by atoms with E-state index in [1.165, 1.54) is 16.8 Å². The molecule has 0 spiro atoms. The molecule has 0 radical (unpaired) electrons. The lowest BCUT2D eigenvalue weighted by Crippen LogP contribution is -2.16. The van der Waals surface area contributed by atoms with E-state index >= 15 is 0 Å². The quantitative estimate of drug-likeness (QED) is 0.770. The van der Waals surface area contributed by atoms with Gasteiger partial charge in [-0.2, -0.15) is 0 Å². The van der Waals surface area contributed by atoms with Gasteiger partial charge in [0, 0.05) is 26.3 Å². The molecule has 2 aromatic carbocycles. The van der Waals surface area contributed by atoms with Crippen LogP contribution in [-0.4, -0.2) is 32.3 Å². The van der Waals surface area contributed by atoms with Crippen molar-refractivity contribution in [2.24, 2.45) is 0 Å². The summed E-state index contributed by atoms with van der Waals surface area (Å²) in [5.41, 5.74) is 3.66. The van der Waals surface area contributed by atoms with Crippen molar-refractivity contribution in [2.75, 3.05) is 32.1 Å². The molecule has 2 N–H and O–H groups in total. The maximum atomic E-state index is 9.23. The molecule has 116 valence electrons. The van der Waals surface area contributed by atoms with Crippen molar-refractivity contribution in [1.29, 1.82) is 0 Å². The summed E-state index contributed by atoms with van der Waals surface area (Å²) in [4.78, 5) is 2.10. The second kappa shape index (κ2) is 8.25. The molecule has 0 heterocycles. The van der Waals surface area contributed by atoms with E-state index in [1.807, 2.05) is 26.2 Å². The lowest BCUT2D eigenvalue weighted by molar-refractivity contribution is 0.475. The monoisotopic (exact) mass is 296 g/mol. The second-order valence-corrected chi connectivity index (χ2v) is 5.51. The van der Waals surface area contributed by atoms with Gasteiger partial charge in [-0.05, 0) is 48.4 Å². The number of rotatable bonds is 7. The van der Waals surface area contributed by atoms with Crippen LogP contribution in [0.3, 0.4) is 0 Å². The summed E-state index contributed by atoms with van der Waals surface area (Å²) in [5, 5.41) is 12.6. The smallest absolute Gasteiger partial charge is 0.115 e. The van der Waals surface area contributed by atoms with Gasteiger partial charge < -0.3 is 15.3 Å². The fraction of sp³-hybridized carbons (Fsp3) is 0.263. The van der Waals surface area contributed by atoms with Crippen molar-refractivity contribution in [2.45, 2.75) is 6.42 Å². The van der Waals surface area contributed by atoms with Crippen LogP contribution >= 0.6 is 0 Å². The Kier molecular flexibility index (Phi) is 6.04. The van der Waals surface area contributed by atoms with Crippen molar-refractivity contribution >= 4 is 11.8 Å². The Morgan fingerprint density at radius 1 is 1.00 bits per heavy atom. The molecule has 0 saturated carbocycles. The highest BCUT2D eigenvalue weighted by Crippen LogP contribution is 2.13. The first-order chi connectivity index (χ1) is 10.6. The van der Waals surface area contributed by atoms with Gasteiger partial charge in [0.2, 0.25) is 0 Å². The number of phenolic OH excluding ortho intramolecular Hbond substituents is 1. The maximum absolute atomic E-state index is 9.23. The Morgan fingerprint density at radius 2 is 1.68 bits per heavy atom. The minimum Gasteiger partial charge on any atom is -0.508 e. The highest BCUT2D eigenvalue weighted by Gasteiger charge is 1.94. The molecule has 0 aliphatic rings. The fourth-order valence-corrected chi connectivity index (χ4v) is 2.16. The van der Waals surface area contributed by atoms with Crippen LogP contribution in [0.2, 0.25) is 0 Å². The zero-order valence-corrected chi connectivity index (χ0v) is 13.3. The lowest BCUT2D eigenvalue weighted by atomic mass is 10.1. The molecule has 3 nitrogen and oxygen atoms in total. The van der Waals surface area contributed by atoms with Crippen molar-refractivity contribution in [3.8, 4) is 5.75 Å². The molecule has 0 aromatic heterocycles. The third kappa shape index (κ3) is 5.26. The Balaban J connectivity index is 1.68. The van der Waals surface area contributed by atoms with Crippen LogP contribution in [0.5, 0.6) is 5.75 Å². The molecule has 2 aromatic rings. The van der Waals surface area contributed by atoms with Crippen molar-refractivity contribution in [1.82, 2.24) is 5.32 Å². The molecular formula is C19H24N2O. The van der Waals surface area contributed by atoms with Crippen LogP contribution in [0.1, 0.15) is 11.1 Å². The molecule has 0 unspecified atom stereocenters. The van der Waals surface area contributed by atoms with E-state index in [9.17, 15) is 5.11 Å². The van der Waals surface area contributed by atoms with Crippen molar-refractivity contribution < 1.29 is 5.11 Å². The second-order valence-electron chi connectivity index (χ2n) is 5.51. The Labute approximate surface area is 132 Å². The van der Waals surface area contributed by atoms with Gasteiger partial charge in [0.25, 0.3) is 0 Å². The number of phenols is 1. The van der Waals surface area contributed by atoms with Gasteiger partial charge in [0.15, 0.2) is 0 Å². The van der Waals surface area contributed by atoms with Crippen LogP contribution in [0.15, 0.2) is 54.6 Å². The number of hydrogen-bond donors (Lipinski definition) is 2. The molecule has 0 fully saturated rings. The molecule has 0 bridgehead atoms. The Morgan fingerprint density at radius 3 is 2.32 bits per heavy atom. The first-order valence-corrected chi connectivity index (χ1v) is 7.58. The van der Waals surface area contributed by atoms with Crippen molar-refractivity contribution in [3.63, 3.8) is 0 Å². The SMILES string of the molecule is CN(C)c1ccc(/C=C/CNCCc2ccc(O)cc2)cc1. The van der Waals surface area contributed by atoms with Crippen LogP contribution in [0.4, 0.5) is 5.69 Å². The summed E-state index contributed by atoms with van der Waals surface area (Å²) >= 11 is 0. The largest absolute Gasteiger partial charge is 0.508 e. The number of nitrogens with one attached hydrogen (secondary N) is 1. The molecule has 0 aliphatic carbocycles. The van der Waals surface area contributed by atoms with E-state index in [4.69, 9.17) is 0 Å². The predicted octanol–water partition coefficient (Wildman–Crippen LogP) is 3.30. The third-order valence-corrected chi connectivity index (χ3v) is 3.51. The first-order valence-electron chi connectivity index (χ1n) is 7.58. The zero-order chi connectivity index (χ0) is 15.8. The minimum atomic E-state index is 0.319. The summed E-state index contributed by atoms with van der Waals surface area (Å²) in [6.45, 7) is 1.78. The van der Waals surface area contributed by atoms with E-state index < -0.39 is 0 Å². The van der Waals surface area contributed by atoms with E-state index in [0.29, 0.717) is 5.75 Å². The van der Waals surface area contributed by atoms with Crippen LogP contribution in [0.25, 0.3) is 6.08 Å². The third-order valence-electron chi connectivity index (χ3n) is 3.51. The maximum Gasteiger partial charge on any atom is 0.115 e. The van der Waals surface area contributed by atoms with Gasteiger partial charge >= 0.3 is 0 Å². The highest BCUT2D eigenvalue weighted by atomic mass is 16.3. The molecule has 0 saturated heterocycles. The molecule has 0 amide bonds. The average Bonchev–Trinajstić information content (AvgIpc) is 2.53. The number of hydrogen-bond acceptors (Lipinski definition) is 3. The normalized spacial score (nSPS) is 11.0. The van der Waals surface area contributed by atoms with E-state index in [2.05, 4.69) is 46.6 Å². The molecule has 3 heteroatoms. The Bertz CT molecular complexity index is 586. The van der Waals surface area contributed by atoms with E-state index in [0.717, 1.165) is 19.5 Å². The predicted molar refractivity (Wildman–Crippen MR) is 94.5 cm³/mol. The highest BCUT2D eigenvalue weighted by molar-refractivity contribution is 5.55. The van der Waals surface area contributed by atoms with Gasteiger partial charge in [-0.25, -0.2) is 0 Å². The van der Waals surface area contributed by atoms with Gasteiger partial charge in [0.05, 0.1) is 0 Å². The molecule has 0 atom stereocenters. The standard InChI is InChI=1S/C19H24N2O/c1-21(2)18-9-5-16(6-10-18)4-3-14-20-15-13-17-7-11-19(22)12-8-17/h3-12,20,22H,13-15H2,1-2H3/b4-3+. The minimum absolute atomic E-state index is 0.319. The average molecular weight is 296 g/mol. The zero-order valence-electron chi connectivity index (χ0n) is 13.3. The summed E-state index contributed by atoms with van der Waals surface area (Å²) in [6, 6.07) is 15.9. The Hall–Kier alpha value is -2.26. The van der Waals surface area contributed by atoms with Crippen LogP contribution < -0.4 is 10.2 Å². The summed E-state index contributed by atoms with van der Waals surface area (Å²) in [6.07, 6.45) is 5.24. The van der Waals surface area contributed by atoms with E-state index in [1.54, 1.807) is 12.1 Å². The van der Waals surface area contributed by atoms with Gasteiger partial charge in [-0.3, -0.25) is 0 Å². The van der Waals surface area contributed by atoms with Crippen molar-refractivity contribution in [3.05, 3.63) is 65.7 Å². The van der Waals surface area contributed by atoms with Crippen LogP contribution in [0, 0.1) is 0 Å². The molecule has 22 heavy (non-hydrogen) atoms. The fourth-order valence-electron chi connectivity index (χ4n) is 2.16. The van der Waals surface area contributed by atoms with E-state index in [-0.39, 0.29) is 0 Å². The molecule has 0 aliphatic heterocycles. The molecule has 2 rings (SSSR count). The van der Waals surface area contributed by atoms with Gasteiger partial charge in [0.1, 0.15) is 5.75 Å².